The molecule has 3 aromatic rings. The molecular weight excluding hydrogens is 354 g/mol. The van der Waals surface area contributed by atoms with Crippen LogP contribution >= 0.6 is 0 Å². The van der Waals surface area contributed by atoms with Crippen molar-refractivity contribution >= 4 is 28.7 Å². The largest absolute Gasteiger partial charge is 0.354 e. The standard InChI is InChI=1S/C21H21N5O2/c1-14-9-10-17(12-15(14)2)24-20-19(26(27)28)21(23-13-22-20)25-11-5-7-16-6-3-4-8-18(16)25/h3-4,6,8-10,12-13H,5,7,11H2,1-2H3,(H,22,23,24). The van der Waals surface area contributed by atoms with Crippen molar-refractivity contribution in [2.75, 3.05) is 16.8 Å². The van der Waals surface area contributed by atoms with Gasteiger partial charge < -0.3 is 10.2 Å². The molecule has 2 aromatic carbocycles. The van der Waals surface area contributed by atoms with Gasteiger partial charge in [-0.15, -0.1) is 0 Å². The second-order valence-electron chi connectivity index (χ2n) is 6.96. The van der Waals surface area contributed by atoms with Crippen LogP contribution in [0.1, 0.15) is 23.1 Å². The van der Waals surface area contributed by atoms with Crippen LogP contribution in [-0.4, -0.2) is 21.4 Å². The molecule has 1 aliphatic rings. The van der Waals surface area contributed by atoms with Crippen molar-refractivity contribution in [1.29, 1.82) is 0 Å². The summed E-state index contributed by atoms with van der Waals surface area (Å²) in [5, 5.41) is 15.1. The lowest BCUT2D eigenvalue weighted by Crippen LogP contribution is -2.26. The summed E-state index contributed by atoms with van der Waals surface area (Å²) in [6.07, 6.45) is 3.25. The molecule has 2 heterocycles. The van der Waals surface area contributed by atoms with E-state index in [-0.39, 0.29) is 11.5 Å². The number of hydrogen-bond donors (Lipinski definition) is 1. The molecule has 7 nitrogen and oxygen atoms in total. The van der Waals surface area contributed by atoms with Crippen LogP contribution in [0.3, 0.4) is 0 Å². The van der Waals surface area contributed by atoms with E-state index in [1.807, 2.05) is 55.1 Å². The van der Waals surface area contributed by atoms with E-state index >= 15 is 0 Å². The minimum absolute atomic E-state index is 0.113. The number of nitrogens with one attached hydrogen (secondary N) is 1. The highest BCUT2D eigenvalue weighted by atomic mass is 16.6. The molecular formula is C21H21N5O2. The second-order valence-corrected chi connectivity index (χ2v) is 6.96. The third-order valence-corrected chi connectivity index (χ3v) is 5.12. The highest BCUT2D eigenvalue weighted by Gasteiger charge is 2.30. The first-order valence-corrected chi connectivity index (χ1v) is 9.23. The molecule has 0 aliphatic carbocycles. The molecule has 0 radical (unpaired) electrons. The monoisotopic (exact) mass is 375 g/mol. The first-order valence-electron chi connectivity index (χ1n) is 9.23. The average molecular weight is 375 g/mol. The van der Waals surface area contributed by atoms with Crippen LogP contribution in [-0.2, 0) is 6.42 Å². The molecule has 0 spiro atoms. The van der Waals surface area contributed by atoms with E-state index < -0.39 is 4.92 Å². The number of anilines is 4. The minimum Gasteiger partial charge on any atom is -0.334 e. The average Bonchev–Trinajstić information content (AvgIpc) is 2.70. The van der Waals surface area contributed by atoms with Crippen LogP contribution in [0.25, 0.3) is 0 Å². The van der Waals surface area contributed by atoms with Crippen molar-refractivity contribution < 1.29 is 4.92 Å². The van der Waals surface area contributed by atoms with Gasteiger partial charge in [-0.3, -0.25) is 10.1 Å². The van der Waals surface area contributed by atoms with E-state index in [0.29, 0.717) is 12.4 Å². The lowest BCUT2D eigenvalue weighted by Gasteiger charge is -2.30. The Hall–Kier alpha value is -3.48. The van der Waals surface area contributed by atoms with Gasteiger partial charge >= 0.3 is 5.69 Å². The van der Waals surface area contributed by atoms with E-state index in [1.165, 1.54) is 11.9 Å². The van der Waals surface area contributed by atoms with Crippen molar-refractivity contribution in [3.8, 4) is 0 Å². The Morgan fingerprint density at radius 2 is 1.93 bits per heavy atom. The SMILES string of the molecule is Cc1ccc(Nc2ncnc(N3CCCc4ccccc43)c2[N+](=O)[O-])cc1C. The minimum atomic E-state index is -0.407. The zero-order chi connectivity index (χ0) is 19.7. The van der Waals surface area contributed by atoms with Crippen LogP contribution in [0.2, 0.25) is 0 Å². The Labute approximate surface area is 163 Å². The first-order chi connectivity index (χ1) is 13.5. The quantitative estimate of drug-likeness (QED) is 0.519. The van der Waals surface area contributed by atoms with Gasteiger partial charge in [0.25, 0.3) is 0 Å². The summed E-state index contributed by atoms with van der Waals surface area (Å²) in [4.78, 5) is 21.9. The number of aryl methyl sites for hydroxylation is 3. The van der Waals surface area contributed by atoms with Crippen molar-refractivity contribution in [2.24, 2.45) is 0 Å². The van der Waals surface area contributed by atoms with Gasteiger partial charge in [0, 0.05) is 17.9 Å². The lowest BCUT2D eigenvalue weighted by atomic mass is 10.0. The highest BCUT2D eigenvalue weighted by Crippen LogP contribution is 2.40. The topological polar surface area (TPSA) is 84.2 Å². The van der Waals surface area contributed by atoms with Crippen molar-refractivity contribution in [1.82, 2.24) is 9.97 Å². The molecule has 0 unspecified atom stereocenters. The number of nitrogens with zero attached hydrogens (tertiary/aromatic N) is 4. The maximum absolute atomic E-state index is 12.0. The first kappa shape index (κ1) is 17.9. The van der Waals surface area contributed by atoms with Gasteiger partial charge in [0.05, 0.1) is 4.92 Å². The third-order valence-electron chi connectivity index (χ3n) is 5.12. The number of rotatable bonds is 4. The van der Waals surface area contributed by atoms with E-state index in [4.69, 9.17) is 0 Å². The molecule has 0 amide bonds. The van der Waals surface area contributed by atoms with Crippen LogP contribution in [0.15, 0.2) is 48.8 Å². The predicted octanol–water partition coefficient (Wildman–Crippen LogP) is 4.83. The summed E-state index contributed by atoms with van der Waals surface area (Å²) in [5.41, 5.74) is 5.05. The van der Waals surface area contributed by atoms with Gasteiger partial charge in [0.15, 0.2) is 0 Å². The van der Waals surface area contributed by atoms with Gasteiger partial charge in [-0.05, 0) is 61.6 Å². The second kappa shape index (κ2) is 7.26. The highest BCUT2D eigenvalue weighted by molar-refractivity contribution is 5.79. The van der Waals surface area contributed by atoms with Crippen LogP contribution in [0, 0.1) is 24.0 Å². The summed E-state index contributed by atoms with van der Waals surface area (Å²) < 4.78 is 0. The molecule has 0 saturated carbocycles. The molecule has 0 bridgehead atoms. The summed E-state index contributed by atoms with van der Waals surface area (Å²) in [6.45, 7) is 4.71. The molecule has 1 aliphatic heterocycles. The molecule has 0 atom stereocenters. The van der Waals surface area contributed by atoms with Crippen LogP contribution in [0.5, 0.6) is 0 Å². The van der Waals surface area contributed by atoms with Crippen molar-refractivity contribution in [3.63, 3.8) is 0 Å². The molecule has 0 saturated heterocycles. The summed E-state index contributed by atoms with van der Waals surface area (Å²) in [6, 6.07) is 13.8. The van der Waals surface area contributed by atoms with Crippen molar-refractivity contribution in [2.45, 2.75) is 26.7 Å². The van der Waals surface area contributed by atoms with E-state index in [9.17, 15) is 10.1 Å². The Morgan fingerprint density at radius 1 is 1.11 bits per heavy atom. The summed E-state index contributed by atoms with van der Waals surface area (Å²) >= 11 is 0. The zero-order valence-electron chi connectivity index (χ0n) is 15.8. The smallest absolute Gasteiger partial charge is 0.334 e. The van der Waals surface area contributed by atoms with E-state index in [1.54, 1.807) is 0 Å². The Balaban J connectivity index is 1.79. The van der Waals surface area contributed by atoms with Gasteiger partial charge in [-0.2, -0.15) is 0 Å². The number of benzene rings is 2. The number of para-hydroxylation sites is 1. The van der Waals surface area contributed by atoms with Crippen LogP contribution in [0.4, 0.5) is 28.7 Å². The third kappa shape index (κ3) is 3.26. The van der Waals surface area contributed by atoms with Crippen LogP contribution < -0.4 is 10.2 Å². The molecule has 0 fully saturated rings. The van der Waals surface area contributed by atoms with Gasteiger partial charge in [-0.1, -0.05) is 24.3 Å². The Morgan fingerprint density at radius 3 is 2.71 bits per heavy atom. The normalized spacial score (nSPS) is 13.1. The molecule has 4 rings (SSSR count). The number of fused-ring (bicyclic) bond motifs is 1. The number of nitro groups is 1. The zero-order valence-corrected chi connectivity index (χ0v) is 15.8. The lowest BCUT2D eigenvalue weighted by molar-refractivity contribution is -0.383. The molecule has 28 heavy (non-hydrogen) atoms. The van der Waals surface area contributed by atoms with Gasteiger partial charge in [-0.25, -0.2) is 9.97 Å². The Kier molecular flexibility index (Phi) is 4.65. The Bertz CT molecular complexity index is 1050. The van der Waals surface area contributed by atoms with Gasteiger partial charge in [0.2, 0.25) is 11.6 Å². The molecule has 142 valence electrons. The predicted molar refractivity (Wildman–Crippen MR) is 110 cm³/mol. The van der Waals surface area contributed by atoms with E-state index in [2.05, 4.69) is 21.4 Å². The molecule has 1 aromatic heterocycles. The number of aromatic nitrogens is 2. The molecule has 1 N–H and O–H groups in total. The fourth-order valence-electron chi connectivity index (χ4n) is 3.54. The molecule has 7 heteroatoms. The maximum Gasteiger partial charge on any atom is 0.354 e. The summed E-state index contributed by atoms with van der Waals surface area (Å²) in [7, 11) is 0. The fourth-order valence-corrected chi connectivity index (χ4v) is 3.54. The van der Waals surface area contributed by atoms with Crippen molar-refractivity contribution in [3.05, 3.63) is 75.6 Å². The fraction of sp³-hybridized carbons (Fsp3) is 0.238. The maximum atomic E-state index is 12.0. The number of hydrogen-bond acceptors (Lipinski definition) is 6. The van der Waals surface area contributed by atoms with E-state index in [0.717, 1.165) is 35.3 Å². The van der Waals surface area contributed by atoms with Gasteiger partial charge in [0.1, 0.15) is 6.33 Å². The summed E-state index contributed by atoms with van der Waals surface area (Å²) in [5.74, 6) is 0.514.